The van der Waals surface area contributed by atoms with Gasteiger partial charge in [0.15, 0.2) is 0 Å². The Hall–Kier alpha value is -2.14. The number of hydrogen-bond donors (Lipinski definition) is 2. The maximum Gasteiger partial charge on any atom is 0.251 e. The zero-order valence-corrected chi connectivity index (χ0v) is 10.3. The number of benzene rings is 1. The van der Waals surface area contributed by atoms with Crippen LogP contribution in [0, 0.1) is 0 Å². The van der Waals surface area contributed by atoms with Crippen molar-refractivity contribution in [3.05, 3.63) is 46.2 Å². The second kappa shape index (κ2) is 4.62. The van der Waals surface area contributed by atoms with Gasteiger partial charge in [-0.25, -0.2) is 5.84 Å². The number of aryl methyl sites for hydroxylation is 1. The van der Waals surface area contributed by atoms with E-state index in [4.69, 9.17) is 5.84 Å². The van der Waals surface area contributed by atoms with Crippen LogP contribution in [0.5, 0.6) is 0 Å². The molecule has 1 aromatic heterocycles. The molecule has 1 heterocycles. The van der Waals surface area contributed by atoms with E-state index in [0.29, 0.717) is 5.56 Å². The predicted molar refractivity (Wildman–Crippen MR) is 69.9 cm³/mol. The molecule has 0 bridgehead atoms. The highest BCUT2D eigenvalue weighted by molar-refractivity contribution is 5.90. The van der Waals surface area contributed by atoms with E-state index in [0.717, 1.165) is 10.9 Å². The number of nitrogens with zero attached hydrogens (tertiary/aromatic N) is 1. The molecule has 0 aliphatic carbocycles. The molecule has 3 N–H and O–H groups in total. The molecule has 94 valence electrons. The Morgan fingerprint density at radius 2 is 2.06 bits per heavy atom. The van der Waals surface area contributed by atoms with Crippen molar-refractivity contribution < 1.29 is 4.79 Å². The minimum atomic E-state index is -0.464. The summed E-state index contributed by atoms with van der Waals surface area (Å²) in [5.41, 5.74) is 3.47. The number of rotatable bonds is 2. The van der Waals surface area contributed by atoms with E-state index >= 15 is 0 Å². The van der Waals surface area contributed by atoms with E-state index in [1.807, 2.05) is 24.3 Å². The topological polar surface area (TPSA) is 77.1 Å². The van der Waals surface area contributed by atoms with Crippen molar-refractivity contribution >= 4 is 16.8 Å². The van der Waals surface area contributed by atoms with Crippen LogP contribution in [0.25, 0.3) is 10.9 Å². The third-order valence-electron chi connectivity index (χ3n) is 3.19. The summed E-state index contributed by atoms with van der Waals surface area (Å²) in [4.78, 5) is 23.5. The lowest BCUT2D eigenvalue weighted by molar-refractivity contribution is -0.122. The largest absolute Gasteiger partial charge is 0.311 e. The van der Waals surface area contributed by atoms with Crippen LogP contribution in [0.15, 0.2) is 35.1 Å². The van der Waals surface area contributed by atoms with E-state index in [-0.39, 0.29) is 11.5 Å². The van der Waals surface area contributed by atoms with Gasteiger partial charge in [0.1, 0.15) is 0 Å². The fourth-order valence-electron chi connectivity index (χ4n) is 2.06. The van der Waals surface area contributed by atoms with Crippen molar-refractivity contribution in [3.8, 4) is 0 Å². The first-order valence-corrected chi connectivity index (χ1v) is 5.65. The first-order valence-electron chi connectivity index (χ1n) is 5.65. The molecule has 0 aliphatic heterocycles. The molecule has 0 aliphatic rings. The number of para-hydroxylation sites is 1. The maximum atomic E-state index is 11.9. The molecular weight excluding hydrogens is 230 g/mol. The van der Waals surface area contributed by atoms with Gasteiger partial charge in [-0.05, 0) is 18.6 Å². The molecule has 18 heavy (non-hydrogen) atoms. The van der Waals surface area contributed by atoms with Gasteiger partial charge >= 0.3 is 0 Å². The molecule has 0 radical (unpaired) electrons. The van der Waals surface area contributed by atoms with Gasteiger partial charge in [0, 0.05) is 18.5 Å². The van der Waals surface area contributed by atoms with Crippen LogP contribution in [0.4, 0.5) is 0 Å². The molecule has 0 saturated carbocycles. The number of amides is 1. The highest BCUT2D eigenvalue weighted by atomic mass is 16.2. The Bertz CT molecular complexity index is 661. The first kappa shape index (κ1) is 12.3. The van der Waals surface area contributed by atoms with Crippen molar-refractivity contribution in [3.63, 3.8) is 0 Å². The Kier molecular flexibility index (Phi) is 3.16. The second-order valence-corrected chi connectivity index (χ2v) is 4.24. The minimum Gasteiger partial charge on any atom is -0.311 e. The van der Waals surface area contributed by atoms with Gasteiger partial charge < -0.3 is 4.57 Å². The standard InChI is InChI=1S/C13H15N3O2/c1-8(13(18)15-14)10-7-12(17)16(2)11-6-4-3-5-9(10)11/h3-8H,14H2,1-2H3,(H,15,18). The maximum absolute atomic E-state index is 11.9. The van der Waals surface area contributed by atoms with Crippen LogP contribution in [-0.4, -0.2) is 10.5 Å². The molecule has 5 nitrogen and oxygen atoms in total. The van der Waals surface area contributed by atoms with Crippen molar-refractivity contribution in [2.24, 2.45) is 12.9 Å². The lowest BCUT2D eigenvalue weighted by atomic mass is 9.96. The summed E-state index contributed by atoms with van der Waals surface area (Å²) in [5, 5.41) is 0.885. The monoisotopic (exact) mass is 245 g/mol. The number of hydrogen-bond acceptors (Lipinski definition) is 3. The highest BCUT2D eigenvalue weighted by Gasteiger charge is 2.18. The fraction of sp³-hybridized carbons (Fsp3) is 0.231. The van der Waals surface area contributed by atoms with E-state index < -0.39 is 5.92 Å². The molecule has 0 fully saturated rings. The van der Waals surface area contributed by atoms with E-state index in [9.17, 15) is 9.59 Å². The smallest absolute Gasteiger partial charge is 0.251 e. The fourth-order valence-corrected chi connectivity index (χ4v) is 2.06. The predicted octanol–water partition coefficient (Wildman–Crippen LogP) is 0.632. The zero-order valence-electron chi connectivity index (χ0n) is 10.3. The SMILES string of the molecule is CC(C(=O)NN)c1cc(=O)n(C)c2ccccc12. The Labute approximate surface area is 104 Å². The van der Waals surface area contributed by atoms with Crippen molar-refractivity contribution in [2.75, 3.05) is 0 Å². The number of fused-ring (bicyclic) bond motifs is 1. The van der Waals surface area contributed by atoms with Crippen molar-refractivity contribution in [1.29, 1.82) is 0 Å². The Morgan fingerprint density at radius 1 is 1.39 bits per heavy atom. The first-order chi connectivity index (χ1) is 8.56. The van der Waals surface area contributed by atoms with E-state index in [1.54, 1.807) is 18.5 Å². The van der Waals surface area contributed by atoms with Crippen LogP contribution < -0.4 is 16.8 Å². The summed E-state index contributed by atoms with van der Waals surface area (Å²) in [6.07, 6.45) is 0. The molecule has 1 amide bonds. The number of pyridine rings is 1. The summed E-state index contributed by atoms with van der Waals surface area (Å²) in [5.74, 6) is 4.36. The lowest BCUT2D eigenvalue weighted by Gasteiger charge is -2.14. The molecule has 1 unspecified atom stereocenters. The van der Waals surface area contributed by atoms with Crippen molar-refractivity contribution in [1.82, 2.24) is 9.99 Å². The summed E-state index contributed by atoms with van der Waals surface area (Å²) in [6, 6.07) is 8.97. The number of carbonyl (C=O) groups is 1. The van der Waals surface area contributed by atoms with Crippen LogP contribution in [0.3, 0.4) is 0 Å². The minimum absolute atomic E-state index is 0.139. The van der Waals surface area contributed by atoms with Crippen LogP contribution in [-0.2, 0) is 11.8 Å². The third kappa shape index (κ3) is 1.89. The molecule has 0 spiro atoms. The Morgan fingerprint density at radius 3 is 2.72 bits per heavy atom. The average Bonchev–Trinajstić information content (AvgIpc) is 2.41. The Balaban J connectivity index is 2.76. The van der Waals surface area contributed by atoms with Gasteiger partial charge in [0.25, 0.3) is 5.56 Å². The molecule has 2 aromatic rings. The van der Waals surface area contributed by atoms with Crippen molar-refractivity contribution in [2.45, 2.75) is 12.8 Å². The number of aromatic nitrogens is 1. The molecule has 1 atom stereocenters. The zero-order chi connectivity index (χ0) is 13.3. The number of hydrazine groups is 1. The van der Waals surface area contributed by atoms with Crippen LogP contribution in [0.2, 0.25) is 0 Å². The quantitative estimate of drug-likeness (QED) is 0.463. The van der Waals surface area contributed by atoms with Gasteiger partial charge in [-0.3, -0.25) is 15.0 Å². The number of carbonyl (C=O) groups excluding carboxylic acids is 1. The molecule has 0 saturated heterocycles. The summed E-state index contributed by atoms with van der Waals surface area (Å²) < 4.78 is 1.56. The van der Waals surface area contributed by atoms with E-state index in [2.05, 4.69) is 5.43 Å². The lowest BCUT2D eigenvalue weighted by Crippen LogP contribution is -2.34. The summed E-state index contributed by atoms with van der Waals surface area (Å²) in [7, 11) is 1.71. The second-order valence-electron chi connectivity index (χ2n) is 4.24. The van der Waals surface area contributed by atoms with E-state index in [1.165, 1.54) is 6.07 Å². The summed E-state index contributed by atoms with van der Waals surface area (Å²) in [6.45, 7) is 1.73. The van der Waals surface area contributed by atoms with Gasteiger partial charge in [-0.1, -0.05) is 18.2 Å². The number of nitrogens with two attached hydrogens (primary N) is 1. The molecule has 5 heteroatoms. The summed E-state index contributed by atoms with van der Waals surface area (Å²) >= 11 is 0. The van der Waals surface area contributed by atoms with Gasteiger partial charge in [-0.2, -0.15) is 0 Å². The van der Waals surface area contributed by atoms with Crippen LogP contribution >= 0.6 is 0 Å². The molecular formula is C13H15N3O2. The molecule has 2 rings (SSSR count). The van der Waals surface area contributed by atoms with Gasteiger partial charge in [-0.15, -0.1) is 0 Å². The normalized spacial score (nSPS) is 12.4. The van der Waals surface area contributed by atoms with Gasteiger partial charge in [0.2, 0.25) is 5.91 Å². The average molecular weight is 245 g/mol. The number of nitrogens with one attached hydrogen (secondary N) is 1. The third-order valence-corrected chi connectivity index (χ3v) is 3.19. The highest BCUT2D eigenvalue weighted by Crippen LogP contribution is 2.23. The van der Waals surface area contributed by atoms with Crippen LogP contribution in [0.1, 0.15) is 18.4 Å². The molecule has 1 aromatic carbocycles. The van der Waals surface area contributed by atoms with Gasteiger partial charge in [0.05, 0.1) is 11.4 Å².